The van der Waals surface area contributed by atoms with Crippen LogP contribution >= 0.6 is 0 Å². The molecule has 4 N–H and O–H groups in total. The van der Waals surface area contributed by atoms with Gasteiger partial charge in [-0.25, -0.2) is 15.4 Å². The molecule has 10 nitrogen and oxygen atoms in total. The summed E-state index contributed by atoms with van der Waals surface area (Å²) in [6.45, 7) is -0.227. The van der Waals surface area contributed by atoms with Gasteiger partial charge >= 0.3 is 0 Å². The van der Waals surface area contributed by atoms with Crippen LogP contribution in [0.15, 0.2) is 11.1 Å². The van der Waals surface area contributed by atoms with Gasteiger partial charge < -0.3 is 19.9 Å². The van der Waals surface area contributed by atoms with Gasteiger partial charge in [0.25, 0.3) is 5.56 Å². The molecule has 1 fully saturated rings. The quantitative estimate of drug-likeness (QED) is 0.462. The monoisotopic (exact) mass is 294 g/mol. The number of H-pyrrole nitrogens is 1. The maximum atomic E-state index is 11.8. The molecule has 4 rings (SSSR count). The van der Waals surface area contributed by atoms with Gasteiger partial charge in [-0.1, -0.05) is 0 Å². The fourth-order valence-electron chi connectivity index (χ4n) is 2.93. The molecule has 1 saturated heterocycles. The largest absolute Gasteiger partial charge is 0.394 e. The van der Waals surface area contributed by atoms with E-state index in [0.717, 1.165) is 0 Å². The summed E-state index contributed by atoms with van der Waals surface area (Å²) in [6, 6.07) is -0.469. The van der Waals surface area contributed by atoms with E-state index in [1.165, 1.54) is 6.33 Å². The van der Waals surface area contributed by atoms with E-state index in [1.807, 2.05) is 0 Å². The molecule has 4 atom stereocenters. The van der Waals surface area contributed by atoms with Gasteiger partial charge in [0.15, 0.2) is 17.4 Å². The van der Waals surface area contributed by atoms with E-state index in [0.29, 0.717) is 11.6 Å². The summed E-state index contributed by atoms with van der Waals surface area (Å²) >= 11 is 0. The van der Waals surface area contributed by atoms with Gasteiger partial charge in [-0.3, -0.25) is 14.4 Å². The van der Waals surface area contributed by atoms with Crippen molar-refractivity contribution in [3.05, 3.63) is 16.7 Å². The Morgan fingerprint density at radius 1 is 1.52 bits per heavy atom. The van der Waals surface area contributed by atoms with Gasteiger partial charge in [-0.2, -0.15) is 0 Å². The molecule has 4 heterocycles. The summed E-state index contributed by atoms with van der Waals surface area (Å²) in [6.07, 6.45) is -0.941. The molecular formula is C11H14N6O4. The van der Waals surface area contributed by atoms with Crippen LogP contribution in [0.1, 0.15) is 6.23 Å². The first-order valence-electron chi connectivity index (χ1n) is 6.51. The zero-order chi connectivity index (χ0) is 14.7. The van der Waals surface area contributed by atoms with Crippen molar-refractivity contribution >= 4 is 17.1 Å². The summed E-state index contributed by atoms with van der Waals surface area (Å²) < 4.78 is 7.26. The Bertz CT molecular complexity index is 757. The Balaban J connectivity index is 1.98. The summed E-state index contributed by atoms with van der Waals surface area (Å²) in [5, 5.41) is 21.4. The van der Waals surface area contributed by atoms with E-state index in [1.54, 1.807) is 16.6 Å². The minimum absolute atomic E-state index is 0.169. The third-order valence-electron chi connectivity index (χ3n) is 3.92. The smallest absolute Gasteiger partial charge is 0.278 e. The molecule has 0 radical (unpaired) electrons. The number of hydrogen-bond donors (Lipinski definition) is 4. The van der Waals surface area contributed by atoms with Crippen molar-refractivity contribution < 1.29 is 14.9 Å². The molecular weight excluding hydrogens is 280 g/mol. The maximum absolute atomic E-state index is 11.8. The molecule has 4 unspecified atom stereocenters. The number of hydrogen-bond acceptors (Lipinski definition) is 8. The first kappa shape index (κ1) is 12.7. The Hall–Kier alpha value is -2.01. The number of nitrogens with zero attached hydrogens (tertiary/aromatic N) is 4. The highest BCUT2D eigenvalue weighted by molar-refractivity contribution is 5.73. The number of rotatable bonds is 1. The zero-order valence-corrected chi connectivity index (χ0v) is 11.1. The molecule has 21 heavy (non-hydrogen) atoms. The van der Waals surface area contributed by atoms with E-state index < -0.39 is 24.5 Å². The molecule has 2 aliphatic heterocycles. The van der Waals surface area contributed by atoms with Crippen LogP contribution in [-0.2, 0) is 4.74 Å². The second-order valence-corrected chi connectivity index (χ2v) is 5.14. The summed E-state index contributed by atoms with van der Waals surface area (Å²) in [5.74, 6) is 0.414. The Morgan fingerprint density at radius 2 is 2.33 bits per heavy atom. The van der Waals surface area contributed by atoms with Crippen LogP contribution in [0.2, 0.25) is 0 Å². The number of aliphatic hydroxyl groups is 2. The summed E-state index contributed by atoms with van der Waals surface area (Å²) in [5.41, 5.74) is 3.16. The molecule has 2 aromatic heterocycles. The normalized spacial score (nSPS) is 31.5. The van der Waals surface area contributed by atoms with Crippen molar-refractivity contribution in [3.8, 4) is 0 Å². The molecule has 0 aromatic carbocycles. The first-order chi connectivity index (χ1) is 10.1. The molecule has 0 amide bonds. The lowest BCUT2D eigenvalue weighted by molar-refractivity contribution is -0.0492. The first-order valence-corrected chi connectivity index (χ1v) is 6.51. The fourth-order valence-corrected chi connectivity index (χ4v) is 2.93. The summed E-state index contributed by atoms with van der Waals surface area (Å²) in [4.78, 5) is 22.7. The molecule has 0 saturated carbocycles. The summed E-state index contributed by atoms with van der Waals surface area (Å²) in [7, 11) is 1.72. The topological polar surface area (TPSA) is 129 Å². The van der Waals surface area contributed by atoms with Crippen molar-refractivity contribution in [2.75, 3.05) is 18.7 Å². The van der Waals surface area contributed by atoms with E-state index >= 15 is 0 Å². The van der Waals surface area contributed by atoms with Crippen LogP contribution in [-0.4, -0.2) is 61.6 Å². The highest BCUT2D eigenvalue weighted by Gasteiger charge is 2.49. The van der Waals surface area contributed by atoms with E-state index in [2.05, 4.69) is 20.4 Å². The molecule has 2 aromatic rings. The minimum Gasteiger partial charge on any atom is -0.394 e. The van der Waals surface area contributed by atoms with E-state index in [4.69, 9.17) is 4.74 Å². The van der Waals surface area contributed by atoms with E-state index in [9.17, 15) is 15.0 Å². The molecule has 0 spiro atoms. The second kappa shape index (κ2) is 4.24. The molecule has 0 aliphatic carbocycles. The van der Waals surface area contributed by atoms with Gasteiger partial charge in [-0.05, 0) is 0 Å². The van der Waals surface area contributed by atoms with Gasteiger partial charge in [0.1, 0.15) is 12.2 Å². The van der Waals surface area contributed by atoms with Crippen LogP contribution in [0.3, 0.4) is 0 Å². The van der Waals surface area contributed by atoms with Crippen LogP contribution in [0.4, 0.5) is 5.95 Å². The lowest BCUT2D eigenvalue weighted by Crippen LogP contribution is -2.51. The van der Waals surface area contributed by atoms with Gasteiger partial charge in [-0.15, -0.1) is 0 Å². The molecule has 2 aliphatic rings. The number of aliphatic hydroxyl groups excluding tert-OH is 2. The number of aromatic amines is 1. The van der Waals surface area contributed by atoms with Crippen LogP contribution in [0.5, 0.6) is 0 Å². The third kappa shape index (κ3) is 1.58. The lowest BCUT2D eigenvalue weighted by atomic mass is 10.1. The second-order valence-electron chi connectivity index (χ2n) is 5.14. The Morgan fingerprint density at radius 3 is 3.10 bits per heavy atom. The van der Waals surface area contributed by atoms with Crippen molar-refractivity contribution in [2.45, 2.75) is 24.5 Å². The molecule has 2 bridgehead atoms. The molecule has 10 heteroatoms. The van der Waals surface area contributed by atoms with Crippen LogP contribution in [0, 0.1) is 0 Å². The van der Waals surface area contributed by atoms with Crippen LogP contribution < -0.4 is 16.0 Å². The number of imidazole rings is 1. The number of anilines is 1. The van der Waals surface area contributed by atoms with Crippen molar-refractivity contribution in [2.24, 2.45) is 0 Å². The van der Waals surface area contributed by atoms with Gasteiger partial charge in [0.2, 0.25) is 5.95 Å². The van der Waals surface area contributed by atoms with Crippen LogP contribution in [0.25, 0.3) is 11.2 Å². The number of fused-ring (bicyclic) bond motifs is 6. The maximum Gasteiger partial charge on any atom is 0.278 e. The fraction of sp³-hybridized carbons (Fsp3) is 0.545. The Kier molecular flexibility index (Phi) is 2.57. The highest BCUT2D eigenvalue weighted by Crippen LogP contribution is 2.36. The predicted molar refractivity (Wildman–Crippen MR) is 70.5 cm³/mol. The predicted octanol–water partition coefficient (Wildman–Crippen LogP) is -2.31. The van der Waals surface area contributed by atoms with Gasteiger partial charge in [0, 0.05) is 7.05 Å². The Labute approximate surface area is 118 Å². The highest BCUT2D eigenvalue weighted by atomic mass is 16.5. The molecule has 112 valence electrons. The van der Waals surface area contributed by atoms with E-state index in [-0.39, 0.29) is 17.7 Å². The third-order valence-corrected chi connectivity index (χ3v) is 3.92. The number of nitrogens with one attached hydrogen (secondary N) is 2. The lowest BCUT2D eigenvalue weighted by Gasteiger charge is -2.27. The number of hydrazine groups is 1. The standard InChI is InChI=1S/C11H14N6O4/c1-16-11-14-6-8(12-3-13-9(6)20)17(11)10-7(19)5(15-16)4(2-18)21-10/h3-5,7,10,15,18-19H,2H2,1H3,(H,12,13,20). The number of aromatic nitrogens is 4. The van der Waals surface area contributed by atoms with Crippen molar-refractivity contribution in [3.63, 3.8) is 0 Å². The number of ether oxygens (including phenoxy) is 1. The van der Waals surface area contributed by atoms with Crippen molar-refractivity contribution in [1.29, 1.82) is 0 Å². The zero-order valence-electron chi connectivity index (χ0n) is 11.1. The SMILES string of the molecule is CN1NC2C(CO)OC(C2O)n2c1nc1c(=O)[nH]cnc12. The van der Waals surface area contributed by atoms with Crippen molar-refractivity contribution in [1.82, 2.24) is 24.9 Å². The average molecular weight is 294 g/mol. The average Bonchev–Trinajstić information content (AvgIpc) is 2.95. The van der Waals surface area contributed by atoms with Gasteiger partial charge in [0.05, 0.1) is 19.0 Å². The minimum atomic E-state index is -0.899.